The Morgan fingerprint density at radius 3 is 2.48 bits per heavy atom. The standard InChI is InChI=1S/C20H31N3O3S/c1-4-23(18-8-13-27(25,26)15-18)20(24)14-21-9-11-22(12-10-21)19-7-5-6-16(2)17(19)3/h5-7,18H,4,8-15H2,1-3H3/t18-/m0/s1. The van der Waals surface area contributed by atoms with Gasteiger partial charge < -0.3 is 9.80 Å². The molecule has 2 heterocycles. The van der Waals surface area contributed by atoms with Crippen molar-refractivity contribution in [2.45, 2.75) is 33.2 Å². The molecular weight excluding hydrogens is 362 g/mol. The lowest BCUT2D eigenvalue weighted by atomic mass is 10.1. The molecule has 1 amide bonds. The summed E-state index contributed by atoms with van der Waals surface area (Å²) in [5, 5.41) is 0. The summed E-state index contributed by atoms with van der Waals surface area (Å²) < 4.78 is 23.5. The number of piperazine rings is 1. The molecule has 1 atom stereocenters. The van der Waals surface area contributed by atoms with Gasteiger partial charge in [0.15, 0.2) is 9.84 Å². The Kier molecular flexibility index (Phi) is 6.11. The number of nitrogens with zero attached hydrogens (tertiary/aromatic N) is 3. The highest BCUT2D eigenvalue weighted by Crippen LogP contribution is 2.24. The van der Waals surface area contributed by atoms with Crippen LogP contribution in [0.1, 0.15) is 24.5 Å². The van der Waals surface area contributed by atoms with Crippen molar-refractivity contribution in [2.75, 3.05) is 55.7 Å². The molecule has 1 aromatic carbocycles. The van der Waals surface area contributed by atoms with Crippen molar-refractivity contribution in [3.05, 3.63) is 29.3 Å². The van der Waals surface area contributed by atoms with Crippen molar-refractivity contribution in [1.82, 2.24) is 9.80 Å². The smallest absolute Gasteiger partial charge is 0.237 e. The van der Waals surface area contributed by atoms with E-state index in [9.17, 15) is 13.2 Å². The first-order valence-corrected chi connectivity index (χ1v) is 11.7. The molecule has 0 spiro atoms. The Labute approximate surface area is 163 Å². The van der Waals surface area contributed by atoms with Gasteiger partial charge in [-0.1, -0.05) is 12.1 Å². The average molecular weight is 394 g/mol. The zero-order chi connectivity index (χ0) is 19.6. The van der Waals surface area contributed by atoms with Crippen LogP contribution >= 0.6 is 0 Å². The van der Waals surface area contributed by atoms with Gasteiger partial charge in [-0.05, 0) is 44.4 Å². The molecule has 2 aliphatic rings. The van der Waals surface area contributed by atoms with Gasteiger partial charge >= 0.3 is 0 Å². The quantitative estimate of drug-likeness (QED) is 0.758. The third kappa shape index (κ3) is 4.63. The first kappa shape index (κ1) is 20.1. The second-order valence-corrected chi connectivity index (χ2v) is 9.95. The van der Waals surface area contributed by atoms with Crippen molar-refractivity contribution in [3.8, 4) is 0 Å². The Morgan fingerprint density at radius 1 is 1.19 bits per heavy atom. The lowest BCUT2D eigenvalue weighted by Gasteiger charge is -2.38. The largest absolute Gasteiger partial charge is 0.369 e. The molecule has 0 radical (unpaired) electrons. The molecule has 0 aliphatic carbocycles. The number of anilines is 1. The Balaban J connectivity index is 1.55. The van der Waals surface area contributed by atoms with Gasteiger partial charge in [-0.2, -0.15) is 0 Å². The Bertz CT molecular complexity index is 786. The summed E-state index contributed by atoms with van der Waals surface area (Å²) in [4.78, 5) is 19.1. The lowest BCUT2D eigenvalue weighted by molar-refractivity contribution is -0.134. The van der Waals surface area contributed by atoms with E-state index in [0.29, 0.717) is 19.5 Å². The number of aryl methyl sites for hydroxylation is 1. The zero-order valence-electron chi connectivity index (χ0n) is 16.6. The van der Waals surface area contributed by atoms with Gasteiger partial charge in [0.25, 0.3) is 0 Å². The van der Waals surface area contributed by atoms with Gasteiger partial charge in [0.2, 0.25) is 5.91 Å². The molecule has 2 aliphatic heterocycles. The van der Waals surface area contributed by atoms with E-state index < -0.39 is 9.84 Å². The van der Waals surface area contributed by atoms with Crippen molar-refractivity contribution in [2.24, 2.45) is 0 Å². The maximum atomic E-state index is 12.8. The highest BCUT2D eigenvalue weighted by molar-refractivity contribution is 7.91. The molecule has 0 bridgehead atoms. The third-order valence-corrected chi connectivity index (χ3v) is 7.71. The van der Waals surface area contributed by atoms with Gasteiger partial charge in [0.1, 0.15) is 0 Å². The number of benzene rings is 1. The van der Waals surface area contributed by atoms with Crippen LogP contribution in [0.2, 0.25) is 0 Å². The van der Waals surface area contributed by atoms with E-state index in [1.807, 2.05) is 6.92 Å². The van der Waals surface area contributed by atoms with Gasteiger partial charge in [0.05, 0.1) is 18.1 Å². The van der Waals surface area contributed by atoms with Crippen LogP contribution in [0.15, 0.2) is 18.2 Å². The van der Waals surface area contributed by atoms with Crippen LogP contribution in [-0.4, -0.2) is 80.9 Å². The highest BCUT2D eigenvalue weighted by atomic mass is 32.2. The van der Waals surface area contributed by atoms with E-state index in [4.69, 9.17) is 0 Å². The van der Waals surface area contributed by atoms with Gasteiger partial charge in [0, 0.05) is 44.5 Å². The first-order chi connectivity index (χ1) is 12.8. The second kappa shape index (κ2) is 8.19. The van der Waals surface area contributed by atoms with E-state index >= 15 is 0 Å². The second-order valence-electron chi connectivity index (χ2n) is 7.72. The number of sulfone groups is 1. The molecule has 3 rings (SSSR count). The van der Waals surface area contributed by atoms with E-state index in [2.05, 4.69) is 41.8 Å². The molecule has 0 saturated carbocycles. The van der Waals surface area contributed by atoms with Crippen LogP contribution in [-0.2, 0) is 14.6 Å². The van der Waals surface area contributed by atoms with Crippen LogP contribution < -0.4 is 4.90 Å². The van der Waals surface area contributed by atoms with Crippen molar-refractivity contribution < 1.29 is 13.2 Å². The van der Waals surface area contributed by atoms with Gasteiger partial charge in [-0.15, -0.1) is 0 Å². The fourth-order valence-corrected chi connectivity index (χ4v) is 5.90. The molecule has 0 N–H and O–H groups in total. The van der Waals surface area contributed by atoms with E-state index in [1.165, 1.54) is 16.8 Å². The number of carbonyl (C=O) groups is 1. The summed E-state index contributed by atoms with van der Waals surface area (Å²) in [6, 6.07) is 6.25. The summed E-state index contributed by atoms with van der Waals surface area (Å²) in [5.74, 6) is 0.378. The summed E-state index contributed by atoms with van der Waals surface area (Å²) in [7, 11) is -2.98. The fraction of sp³-hybridized carbons (Fsp3) is 0.650. The zero-order valence-corrected chi connectivity index (χ0v) is 17.5. The molecule has 150 valence electrons. The molecule has 6 nitrogen and oxygen atoms in total. The van der Waals surface area contributed by atoms with Gasteiger partial charge in [-0.3, -0.25) is 9.69 Å². The normalized spacial score (nSPS) is 22.8. The van der Waals surface area contributed by atoms with Crippen molar-refractivity contribution >= 4 is 21.4 Å². The number of rotatable bonds is 5. The molecule has 2 saturated heterocycles. The maximum absolute atomic E-state index is 12.8. The minimum atomic E-state index is -2.98. The van der Waals surface area contributed by atoms with Crippen LogP contribution in [0.3, 0.4) is 0 Å². The summed E-state index contributed by atoms with van der Waals surface area (Å²) in [5.41, 5.74) is 3.91. The van der Waals surface area contributed by atoms with Crippen molar-refractivity contribution in [1.29, 1.82) is 0 Å². The van der Waals surface area contributed by atoms with E-state index in [0.717, 1.165) is 26.2 Å². The number of likely N-dealkylation sites (N-methyl/N-ethyl adjacent to an activating group) is 1. The molecular formula is C20H31N3O3S. The average Bonchev–Trinajstić information content (AvgIpc) is 2.98. The first-order valence-electron chi connectivity index (χ1n) is 9.84. The molecule has 0 aromatic heterocycles. The predicted molar refractivity (Wildman–Crippen MR) is 109 cm³/mol. The topological polar surface area (TPSA) is 60.9 Å². The summed E-state index contributed by atoms with van der Waals surface area (Å²) >= 11 is 0. The molecule has 7 heteroatoms. The number of hydrogen-bond donors (Lipinski definition) is 0. The Hall–Kier alpha value is -1.60. The van der Waals surface area contributed by atoms with Crippen LogP contribution in [0.4, 0.5) is 5.69 Å². The van der Waals surface area contributed by atoms with Crippen molar-refractivity contribution in [3.63, 3.8) is 0 Å². The molecule has 1 aromatic rings. The van der Waals surface area contributed by atoms with Crippen LogP contribution in [0.5, 0.6) is 0 Å². The lowest BCUT2D eigenvalue weighted by Crippen LogP contribution is -2.52. The van der Waals surface area contributed by atoms with Crippen LogP contribution in [0.25, 0.3) is 0 Å². The van der Waals surface area contributed by atoms with E-state index in [-0.39, 0.29) is 23.5 Å². The molecule has 27 heavy (non-hydrogen) atoms. The number of carbonyl (C=O) groups excluding carboxylic acids is 1. The SMILES string of the molecule is CCN(C(=O)CN1CCN(c2cccc(C)c2C)CC1)[C@H]1CCS(=O)(=O)C1. The molecule has 2 fully saturated rings. The fourth-order valence-electron chi connectivity index (χ4n) is 4.17. The number of hydrogen-bond acceptors (Lipinski definition) is 5. The number of amides is 1. The third-order valence-electron chi connectivity index (χ3n) is 5.96. The van der Waals surface area contributed by atoms with E-state index in [1.54, 1.807) is 4.90 Å². The summed E-state index contributed by atoms with van der Waals surface area (Å²) in [6.45, 7) is 10.7. The summed E-state index contributed by atoms with van der Waals surface area (Å²) in [6.07, 6.45) is 0.572. The van der Waals surface area contributed by atoms with Crippen LogP contribution in [0, 0.1) is 13.8 Å². The molecule has 0 unspecified atom stereocenters. The highest BCUT2D eigenvalue weighted by Gasteiger charge is 2.34. The minimum Gasteiger partial charge on any atom is -0.369 e. The van der Waals surface area contributed by atoms with Gasteiger partial charge in [-0.25, -0.2) is 8.42 Å². The predicted octanol–water partition coefficient (Wildman–Crippen LogP) is 1.46. The monoisotopic (exact) mass is 393 g/mol. The minimum absolute atomic E-state index is 0.0554. The Morgan fingerprint density at radius 2 is 1.89 bits per heavy atom. The maximum Gasteiger partial charge on any atom is 0.237 e.